The van der Waals surface area contributed by atoms with Gasteiger partial charge in [-0.05, 0) is 125 Å². The van der Waals surface area contributed by atoms with Gasteiger partial charge in [0.25, 0.3) is 8.32 Å². The minimum Gasteiger partial charge on any atom is -0.507 e. The van der Waals surface area contributed by atoms with Crippen molar-refractivity contribution in [2.75, 3.05) is 11.5 Å². The smallest absolute Gasteiger partial charge is 0.488 e. The number of amides is 2. The van der Waals surface area contributed by atoms with Gasteiger partial charge in [0.1, 0.15) is 5.75 Å². The van der Waals surface area contributed by atoms with Crippen molar-refractivity contribution in [1.29, 1.82) is 0 Å². The second-order valence-corrected chi connectivity index (χ2v) is 22.1. The zero-order chi connectivity index (χ0) is 42.9. The normalized spacial score (nSPS) is 21.1. The van der Waals surface area contributed by atoms with Crippen LogP contribution in [0.15, 0.2) is 114 Å². The number of aromatic hydroxyl groups is 1. The molecule has 4 aromatic rings. The van der Waals surface area contributed by atoms with Crippen LogP contribution in [0.4, 0.5) is 5.69 Å². The summed E-state index contributed by atoms with van der Waals surface area (Å²) in [5.74, 6) is -2.32. The quantitative estimate of drug-likeness (QED) is 0.0709. The molecular weight excluding hydrogens is 768 g/mol. The molecule has 0 saturated carbocycles. The minimum absolute atomic E-state index is 0.154. The highest BCUT2D eigenvalue weighted by molar-refractivity contribution is 6.99. The van der Waals surface area contributed by atoms with E-state index in [1.165, 1.54) is 22.6 Å². The number of hydrogen-bond acceptors (Lipinski definition) is 8. The van der Waals surface area contributed by atoms with Gasteiger partial charge in [0.15, 0.2) is 0 Å². The van der Waals surface area contributed by atoms with Crippen LogP contribution in [0.25, 0.3) is 6.08 Å². The number of fused-ring (bicyclic) bond motifs is 3. The molecule has 1 aliphatic carbocycles. The summed E-state index contributed by atoms with van der Waals surface area (Å²) in [6, 6.07) is 31.1. The molecule has 3 aliphatic rings. The van der Waals surface area contributed by atoms with Gasteiger partial charge in [-0.1, -0.05) is 119 Å². The Bertz CT molecular complexity index is 2210. The topological polar surface area (TPSA) is 137 Å². The molecule has 4 aromatic carbocycles. The molecule has 9 nitrogen and oxygen atoms in total. The van der Waals surface area contributed by atoms with Gasteiger partial charge >= 0.3 is 14.2 Å². The molecular formula is C48H57B2NO8Si. The summed E-state index contributed by atoms with van der Waals surface area (Å²) in [6.45, 7) is 12.9. The van der Waals surface area contributed by atoms with E-state index in [4.69, 9.17) is 9.08 Å². The van der Waals surface area contributed by atoms with E-state index < -0.39 is 46.4 Å². The number of rotatable bonds is 13. The van der Waals surface area contributed by atoms with Crippen LogP contribution in [-0.4, -0.2) is 67.3 Å². The Labute approximate surface area is 356 Å². The van der Waals surface area contributed by atoms with Gasteiger partial charge in [0.2, 0.25) is 11.8 Å². The fourth-order valence-corrected chi connectivity index (χ4v) is 14.7. The maximum absolute atomic E-state index is 14.6. The molecule has 12 heteroatoms. The molecule has 2 aliphatic heterocycles. The van der Waals surface area contributed by atoms with Crippen LogP contribution in [0.1, 0.15) is 76.5 Å². The lowest BCUT2D eigenvalue weighted by atomic mass is 9.58. The molecule has 0 bridgehead atoms. The average molecular weight is 826 g/mol. The monoisotopic (exact) mass is 825 g/mol. The summed E-state index contributed by atoms with van der Waals surface area (Å²) < 4.78 is 14.0. The Morgan fingerprint density at radius 3 is 2.12 bits per heavy atom. The number of phenolic OH excluding ortho intramolecular Hbond substituents is 1. The van der Waals surface area contributed by atoms with Gasteiger partial charge in [-0.2, -0.15) is 0 Å². The van der Waals surface area contributed by atoms with Gasteiger partial charge in [-0.25, -0.2) is 0 Å². The molecule has 0 radical (unpaired) electrons. The highest BCUT2D eigenvalue weighted by atomic mass is 28.4. The molecule has 2 heterocycles. The fraction of sp³-hybridized carbons (Fsp3) is 0.375. The molecule has 2 fully saturated rings. The van der Waals surface area contributed by atoms with Gasteiger partial charge < -0.3 is 29.3 Å². The Morgan fingerprint density at radius 2 is 1.53 bits per heavy atom. The summed E-state index contributed by atoms with van der Waals surface area (Å²) in [6.07, 6.45) is 5.11. The molecule has 0 aromatic heterocycles. The van der Waals surface area contributed by atoms with Crippen LogP contribution in [0, 0.1) is 31.6 Å². The number of anilines is 1. The van der Waals surface area contributed by atoms with E-state index in [1.54, 1.807) is 12.1 Å². The third-order valence-corrected chi connectivity index (χ3v) is 17.8. The zero-order valence-electron chi connectivity index (χ0n) is 35.6. The van der Waals surface area contributed by atoms with Crippen molar-refractivity contribution in [3.8, 4) is 5.75 Å². The lowest BCUT2D eigenvalue weighted by Crippen LogP contribution is -2.66. The Balaban J connectivity index is 1.32. The van der Waals surface area contributed by atoms with Crippen molar-refractivity contribution in [2.24, 2.45) is 17.8 Å². The zero-order valence-corrected chi connectivity index (χ0v) is 36.6. The van der Waals surface area contributed by atoms with Gasteiger partial charge in [0.05, 0.1) is 30.2 Å². The Kier molecular flexibility index (Phi) is 12.9. The standard InChI is InChI=1S/C48H57B2NO8Si/c1-7-15-33(26-34-24-31(2)45(52)32(3)25-34)22-23-42-43-35(30-58-60(48(4,5)6,38-18-10-8-11-19-38)39-20-12-9-13-21-39)27-40-44(41(43)29-49(55)59-42)47(54)51(46(40)53)37-17-14-16-36(28-37)50(56)57/h8-14,16-21,24-26,28,40-42,44,52,55-57H,7,15,22-23,27,29-30H2,1-6H3/b33-26+/t40-,41+,42-,44-/m1/s1. The number of phenols is 1. The van der Waals surface area contributed by atoms with Crippen molar-refractivity contribution in [3.05, 3.63) is 130 Å². The number of aryl methyl sites for hydroxylation is 2. The van der Waals surface area contributed by atoms with Crippen molar-refractivity contribution in [3.63, 3.8) is 0 Å². The van der Waals surface area contributed by atoms with E-state index in [1.807, 2.05) is 38.1 Å². The van der Waals surface area contributed by atoms with E-state index in [0.29, 0.717) is 18.6 Å². The van der Waals surface area contributed by atoms with Gasteiger partial charge in [-0.15, -0.1) is 0 Å². The summed E-state index contributed by atoms with van der Waals surface area (Å²) in [5.41, 5.74) is 6.19. The van der Waals surface area contributed by atoms with E-state index in [0.717, 1.165) is 51.1 Å². The first-order valence-corrected chi connectivity index (χ1v) is 23.2. The van der Waals surface area contributed by atoms with E-state index in [2.05, 4.69) is 82.3 Å². The van der Waals surface area contributed by atoms with Crippen molar-refractivity contribution >= 4 is 62.0 Å². The predicted molar refractivity (Wildman–Crippen MR) is 242 cm³/mol. The SMILES string of the molecule is CCC/C(=C\c1cc(C)c(O)c(C)c1)CC[C@H]1OB(O)C[C@H]2C1=C(CO[Si](c1ccccc1)(c1ccccc1)C(C)(C)C)C[C@H]1C(=O)N(c3cccc(B(O)O)c3)C(=O)[C@H]12. The fourth-order valence-electron chi connectivity index (χ4n) is 10.1. The second-order valence-electron chi connectivity index (χ2n) is 17.8. The molecule has 4 atom stereocenters. The Morgan fingerprint density at radius 1 is 0.900 bits per heavy atom. The summed E-state index contributed by atoms with van der Waals surface area (Å²) in [5, 5.41) is 43.7. The van der Waals surface area contributed by atoms with Crippen molar-refractivity contribution in [2.45, 2.75) is 91.1 Å². The maximum Gasteiger partial charge on any atom is 0.488 e. The van der Waals surface area contributed by atoms with E-state index in [-0.39, 0.29) is 47.4 Å². The highest BCUT2D eigenvalue weighted by Gasteiger charge is 2.58. The Hall–Kier alpha value is -4.55. The van der Waals surface area contributed by atoms with E-state index in [9.17, 15) is 29.8 Å². The molecule has 4 N–H and O–H groups in total. The molecule has 60 heavy (non-hydrogen) atoms. The number of allylic oxidation sites excluding steroid dienone is 1. The number of imide groups is 1. The van der Waals surface area contributed by atoms with Crippen LogP contribution in [0.2, 0.25) is 11.4 Å². The predicted octanol–water partition coefficient (Wildman–Crippen LogP) is 6.23. The lowest BCUT2D eigenvalue weighted by molar-refractivity contribution is -0.122. The third kappa shape index (κ3) is 8.38. The van der Waals surface area contributed by atoms with Gasteiger partial charge in [0, 0.05) is 0 Å². The third-order valence-electron chi connectivity index (χ3n) is 12.8. The number of nitrogens with zero attached hydrogens (tertiary/aromatic N) is 1. The average Bonchev–Trinajstić information content (AvgIpc) is 3.47. The van der Waals surface area contributed by atoms with Crippen LogP contribution in [0.5, 0.6) is 5.75 Å². The van der Waals surface area contributed by atoms with Crippen LogP contribution in [-0.2, 0) is 18.7 Å². The van der Waals surface area contributed by atoms with E-state index >= 15 is 0 Å². The van der Waals surface area contributed by atoms with Crippen LogP contribution in [0.3, 0.4) is 0 Å². The number of hydrogen-bond donors (Lipinski definition) is 4. The van der Waals surface area contributed by atoms with Crippen LogP contribution < -0.4 is 20.7 Å². The largest absolute Gasteiger partial charge is 0.507 e. The van der Waals surface area contributed by atoms with Crippen molar-refractivity contribution in [1.82, 2.24) is 0 Å². The first-order chi connectivity index (χ1) is 28.6. The van der Waals surface area contributed by atoms with Crippen LogP contribution >= 0.6 is 0 Å². The maximum atomic E-state index is 14.6. The first-order valence-electron chi connectivity index (χ1n) is 21.3. The molecule has 0 spiro atoms. The summed E-state index contributed by atoms with van der Waals surface area (Å²) >= 11 is 0. The minimum atomic E-state index is -3.04. The molecule has 312 valence electrons. The van der Waals surface area contributed by atoms with Gasteiger partial charge in [-0.3, -0.25) is 14.5 Å². The van der Waals surface area contributed by atoms with Crippen molar-refractivity contribution < 1.29 is 38.8 Å². The highest BCUT2D eigenvalue weighted by Crippen LogP contribution is 2.52. The number of carbonyl (C=O) groups excluding carboxylic acids is 2. The number of benzene rings is 4. The second kappa shape index (κ2) is 17.8. The summed E-state index contributed by atoms with van der Waals surface area (Å²) in [4.78, 5) is 30.4. The molecule has 2 saturated heterocycles. The first kappa shape index (κ1) is 43.5. The molecule has 0 unspecified atom stereocenters. The lowest BCUT2D eigenvalue weighted by Gasteiger charge is -2.46. The number of carbonyl (C=O) groups is 2. The molecule has 7 rings (SSSR count). The summed E-state index contributed by atoms with van der Waals surface area (Å²) in [7, 11) is -5.95. The molecule has 2 amide bonds.